The van der Waals surface area contributed by atoms with Crippen LogP contribution in [-0.4, -0.2) is 29.3 Å². The number of benzene rings is 1. The second-order valence-electron chi connectivity index (χ2n) is 6.85. The summed E-state index contributed by atoms with van der Waals surface area (Å²) in [5, 5.41) is 0. The Morgan fingerprint density at radius 1 is 1.36 bits per heavy atom. The third-order valence-corrected chi connectivity index (χ3v) is 5.51. The molecule has 0 unspecified atom stereocenters. The predicted octanol–water partition coefficient (Wildman–Crippen LogP) is 3.60. The van der Waals surface area contributed by atoms with Crippen LogP contribution in [0.1, 0.15) is 28.0 Å². The summed E-state index contributed by atoms with van der Waals surface area (Å²) in [6.07, 6.45) is -1.77. The van der Waals surface area contributed by atoms with E-state index in [2.05, 4.69) is 25.9 Å². The number of amidine groups is 1. The maximum absolute atomic E-state index is 14.6. The van der Waals surface area contributed by atoms with Crippen LogP contribution in [0.15, 0.2) is 46.0 Å². The SMILES string of the molecule is NC1=N[C@](c2cc(CC(=O)c3ccc(Br)cn3)ccc2F)(C(F)F)[C@@H]2C[C@@H]2O1. The molecule has 1 saturated carbocycles. The van der Waals surface area contributed by atoms with Gasteiger partial charge in [0.25, 0.3) is 12.4 Å². The molecule has 1 aromatic heterocycles. The lowest BCUT2D eigenvalue weighted by atomic mass is 9.83. The van der Waals surface area contributed by atoms with Crippen LogP contribution < -0.4 is 5.73 Å². The second kappa shape index (κ2) is 6.88. The number of aromatic nitrogens is 1. The van der Waals surface area contributed by atoms with E-state index in [1.165, 1.54) is 18.3 Å². The number of rotatable bonds is 5. The third kappa shape index (κ3) is 3.17. The molecule has 0 spiro atoms. The minimum absolute atomic E-state index is 0.106. The number of ether oxygens (including phenoxy) is 1. The summed E-state index contributed by atoms with van der Waals surface area (Å²) < 4.78 is 48.8. The standard InChI is InChI=1S/C19H15BrF3N3O2/c20-10-2-4-14(25-8-10)15(27)6-9-1-3-13(21)11(5-9)19(17(22)23)12-7-16(12)28-18(24)26-19/h1-5,8,12,16-17H,6-7H2,(H2,24,26)/t12-,16+,19+/m1/s1. The smallest absolute Gasteiger partial charge is 0.283 e. The molecule has 2 aromatic rings. The molecule has 1 fully saturated rings. The highest BCUT2D eigenvalue weighted by Gasteiger charge is 2.64. The zero-order chi connectivity index (χ0) is 20.1. The highest BCUT2D eigenvalue weighted by atomic mass is 79.9. The molecule has 1 aromatic carbocycles. The molecule has 0 radical (unpaired) electrons. The first-order chi connectivity index (χ1) is 13.3. The molecule has 3 atom stereocenters. The van der Waals surface area contributed by atoms with Crippen molar-refractivity contribution in [3.63, 3.8) is 0 Å². The molecule has 0 saturated heterocycles. The van der Waals surface area contributed by atoms with Crippen molar-refractivity contribution in [1.29, 1.82) is 0 Å². The van der Waals surface area contributed by atoms with E-state index in [1.54, 1.807) is 12.1 Å². The first-order valence-electron chi connectivity index (χ1n) is 8.55. The Hall–Kier alpha value is -2.42. The molecule has 0 amide bonds. The van der Waals surface area contributed by atoms with Crippen molar-refractivity contribution in [2.75, 3.05) is 0 Å². The fraction of sp³-hybridized carbons (Fsp3) is 0.316. The van der Waals surface area contributed by atoms with Crippen LogP contribution in [0.4, 0.5) is 13.2 Å². The molecule has 9 heteroatoms. The van der Waals surface area contributed by atoms with Gasteiger partial charge in [-0.2, -0.15) is 0 Å². The van der Waals surface area contributed by atoms with E-state index in [0.29, 0.717) is 12.0 Å². The molecule has 4 rings (SSSR count). The van der Waals surface area contributed by atoms with Crippen molar-refractivity contribution in [3.05, 3.63) is 63.6 Å². The lowest BCUT2D eigenvalue weighted by Gasteiger charge is -2.33. The van der Waals surface area contributed by atoms with Gasteiger partial charge in [0.1, 0.15) is 17.6 Å². The molecule has 5 nitrogen and oxygen atoms in total. The zero-order valence-corrected chi connectivity index (χ0v) is 16.0. The van der Waals surface area contributed by atoms with E-state index < -0.39 is 29.8 Å². The van der Waals surface area contributed by atoms with Crippen LogP contribution in [0.5, 0.6) is 0 Å². The summed E-state index contributed by atoms with van der Waals surface area (Å²) in [6, 6.07) is 6.60. The summed E-state index contributed by atoms with van der Waals surface area (Å²) in [4.78, 5) is 20.3. The van der Waals surface area contributed by atoms with Crippen molar-refractivity contribution < 1.29 is 22.7 Å². The van der Waals surface area contributed by atoms with Gasteiger partial charge in [0, 0.05) is 28.6 Å². The van der Waals surface area contributed by atoms with E-state index in [0.717, 1.165) is 10.5 Å². The molecule has 0 bridgehead atoms. The molecule has 2 heterocycles. The number of Topliss-reactive ketones (excluding diaryl/α,β-unsaturated/α-hetero) is 1. The maximum atomic E-state index is 14.6. The van der Waals surface area contributed by atoms with Crippen molar-refractivity contribution in [3.8, 4) is 0 Å². The molecule has 146 valence electrons. The van der Waals surface area contributed by atoms with Crippen molar-refractivity contribution >= 4 is 27.7 Å². The minimum atomic E-state index is -2.97. The fourth-order valence-electron chi connectivity index (χ4n) is 3.61. The van der Waals surface area contributed by atoms with E-state index in [9.17, 15) is 18.0 Å². The quantitative estimate of drug-likeness (QED) is 0.701. The number of carbonyl (C=O) groups excluding carboxylic acids is 1. The van der Waals surface area contributed by atoms with Gasteiger partial charge in [0.15, 0.2) is 11.3 Å². The van der Waals surface area contributed by atoms with Gasteiger partial charge < -0.3 is 10.5 Å². The average Bonchev–Trinajstić information content (AvgIpc) is 3.42. The van der Waals surface area contributed by atoms with Gasteiger partial charge in [-0.1, -0.05) is 6.07 Å². The molecule has 2 N–H and O–H groups in total. The number of halogens is 4. The van der Waals surface area contributed by atoms with E-state index in [1.807, 2.05) is 0 Å². The number of nitrogens with two attached hydrogens (primary N) is 1. The molecular formula is C19H15BrF3N3O2. The van der Waals surface area contributed by atoms with E-state index in [-0.39, 0.29) is 29.5 Å². The first-order valence-corrected chi connectivity index (χ1v) is 9.34. The lowest BCUT2D eigenvalue weighted by Crippen LogP contribution is -2.43. The first kappa shape index (κ1) is 18.9. The number of nitrogens with zero attached hydrogens (tertiary/aromatic N) is 2. The number of hydrogen-bond acceptors (Lipinski definition) is 5. The number of pyridine rings is 1. The maximum Gasteiger partial charge on any atom is 0.283 e. The average molecular weight is 454 g/mol. The summed E-state index contributed by atoms with van der Waals surface area (Å²) in [6.45, 7) is 0. The number of aliphatic imine (C=N–C) groups is 1. The van der Waals surface area contributed by atoms with E-state index >= 15 is 0 Å². The molecule has 1 aliphatic heterocycles. The minimum Gasteiger partial charge on any atom is -0.462 e. The molecule has 2 aliphatic rings. The Morgan fingerprint density at radius 2 is 2.14 bits per heavy atom. The number of fused-ring (bicyclic) bond motifs is 1. The predicted molar refractivity (Wildman–Crippen MR) is 98.7 cm³/mol. The number of alkyl halides is 2. The lowest BCUT2D eigenvalue weighted by molar-refractivity contribution is 0.0176. The van der Waals surface area contributed by atoms with Crippen LogP contribution in [0.2, 0.25) is 0 Å². The third-order valence-electron chi connectivity index (χ3n) is 5.04. The number of carbonyl (C=O) groups is 1. The zero-order valence-electron chi connectivity index (χ0n) is 14.4. The van der Waals surface area contributed by atoms with Crippen LogP contribution in [0.25, 0.3) is 0 Å². The van der Waals surface area contributed by atoms with Crippen LogP contribution in [-0.2, 0) is 16.7 Å². The number of hydrogen-bond donors (Lipinski definition) is 1. The molecule has 28 heavy (non-hydrogen) atoms. The van der Waals surface area contributed by atoms with Gasteiger partial charge in [-0.05, 0) is 52.2 Å². The summed E-state index contributed by atoms with van der Waals surface area (Å²) in [7, 11) is 0. The van der Waals surface area contributed by atoms with Gasteiger partial charge in [-0.15, -0.1) is 0 Å². The fourth-order valence-corrected chi connectivity index (χ4v) is 3.84. The van der Waals surface area contributed by atoms with Crippen molar-refractivity contribution in [2.24, 2.45) is 16.6 Å². The Labute approximate surface area is 166 Å². The van der Waals surface area contributed by atoms with Crippen molar-refractivity contribution in [2.45, 2.75) is 30.9 Å². The van der Waals surface area contributed by atoms with Crippen molar-refractivity contribution in [1.82, 2.24) is 4.98 Å². The number of ketones is 1. The van der Waals surface area contributed by atoms with Crippen LogP contribution >= 0.6 is 15.9 Å². The summed E-state index contributed by atoms with van der Waals surface area (Å²) in [5.74, 6) is -1.79. The molecule has 1 aliphatic carbocycles. The molecular weight excluding hydrogens is 439 g/mol. The van der Waals surface area contributed by atoms with Gasteiger partial charge >= 0.3 is 0 Å². The topological polar surface area (TPSA) is 77.6 Å². The normalized spacial score (nSPS) is 25.7. The van der Waals surface area contributed by atoms with Gasteiger partial charge in [-0.25, -0.2) is 18.2 Å². The monoisotopic (exact) mass is 453 g/mol. The summed E-state index contributed by atoms with van der Waals surface area (Å²) in [5.41, 5.74) is 3.81. The van der Waals surface area contributed by atoms with E-state index in [4.69, 9.17) is 10.5 Å². The largest absolute Gasteiger partial charge is 0.462 e. The Morgan fingerprint density at radius 3 is 2.82 bits per heavy atom. The van der Waals surface area contributed by atoms with Gasteiger partial charge in [0.05, 0.1) is 0 Å². The van der Waals surface area contributed by atoms with Crippen LogP contribution in [0, 0.1) is 11.7 Å². The second-order valence-corrected chi connectivity index (χ2v) is 7.77. The Kier molecular flexibility index (Phi) is 4.65. The summed E-state index contributed by atoms with van der Waals surface area (Å²) >= 11 is 3.24. The Balaban J connectivity index is 1.70. The van der Waals surface area contributed by atoms with Gasteiger partial charge in [-0.3, -0.25) is 9.78 Å². The van der Waals surface area contributed by atoms with Gasteiger partial charge in [0.2, 0.25) is 0 Å². The highest BCUT2D eigenvalue weighted by molar-refractivity contribution is 9.10. The Bertz CT molecular complexity index is 967. The highest BCUT2D eigenvalue weighted by Crippen LogP contribution is 2.56. The van der Waals surface area contributed by atoms with Crippen LogP contribution in [0.3, 0.4) is 0 Å².